The van der Waals surface area contributed by atoms with E-state index in [1.807, 2.05) is 24.5 Å². The Balaban J connectivity index is 1.93. The number of carbonyl (C=O) groups excluding carboxylic acids is 1. The molecule has 0 spiro atoms. The van der Waals surface area contributed by atoms with Gasteiger partial charge in [-0.05, 0) is 30.4 Å². The third kappa shape index (κ3) is 2.09. The van der Waals surface area contributed by atoms with Crippen LogP contribution in [0.1, 0.15) is 34.7 Å². The molecule has 0 aliphatic heterocycles. The molecule has 0 saturated heterocycles. The monoisotopic (exact) mass is 224 g/mol. The Labute approximate surface area is 99.5 Å². The predicted octanol–water partition coefficient (Wildman–Crippen LogP) is 2.83. The van der Waals surface area contributed by atoms with E-state index < -0.39 is 0 Å². The van der Waals surface area contributed by atoms with Crippen molar-refractivity contribution in [3.63, 3.8) is 0 Å². The molecule has 0 N–H and O–H groups in total. The molecule has 0 unspecified atom stereocenters. The highest BCUT2D eigenvalue weighted by molar-refractivity contribution is 5.77. The summed E-state index contributed by atoms with van der Waals surface area (Å²) in [6.45, 7) is 0. The molecule has 3 nitrogen and oxygen atoms in total. The summed E-state index contributed by atoms with van der Waals surface area (Å²) in [4.78, 5) is 19.4. The van der Waals surface area contributed by atoms with Crippen molar-refractivity contribution in [1.82, 2.24) is 9.97 Å². The average molecular weight is 224 g/mol. The quantitative estimate of drug-likeness (QED) is 0.753. The Morgan fingerprint density at radius 1 is 1.18 bits per heavy atom. The number of hydrogen-bond donors (Lipinski definition) is 0. The minimum absolute atomic E-state index is 0.650. The maximum absolute atomic E-state index is 10.7. The summed E-state index contributed by atoms with van der Waals surface area (Å²) in [5.74, 6) is 1.35. The van der Waals surface area contributed by atoms with Crippen LogP contribution in [0.25, 0.3) is 11.4 Å². The van der Waals surface area contributed by atoms with E-state index in [2.05, 4.69) is 9.97 Å². The third-order valence-corrected chi connectivity index (χ3v) is 3.00. The minimum atomic E-state index is 0.650. The molecule has 3 heteroatoms. The second-order valence-corrected chi connectivity index (χ2v) is 4.36. The molecule has 1 aromatic carbocycles. The first-order valence-electron chi connectivity index (χ1n) is 5.74. The van der Waals surface area contributed by atoms with Crippen molar-refractivity contribution in [2.45, 2.75) is 18.8 Å². The van der Waals surface area contributed by atoms with Crippen molar-refractivity contribution in [3.05, 3.63) is 47.8 Å². The smallest absolute Gasteiger partial charge is 0.159 e. The van der Waals surface area contributed by atoms with Crippen LogP contribution in [0.2, 0.25) is 0 Å². The third-order valence-electron chi connectivity index (χ3n) is 3.00. The zero-order chi connectivity index (χ0) is 11.7. The van der Waals surface area contributed by atoms with Gasteiger partial charge in [-0.1, -0.05) is 18.2 Å². The van der Waals surface area contributed by atoms with Gasteiger partial charge in [-0.15, -0.1) is 0 Å². The molecule has 1 heterocycles. The number of carbonyl (C=O) groups is 1. The Hall–Kier alpha value is -2.03. The Kier molecular flexibility index (Phi) is 2.44. The van der Waals surface area contributed by atoms with Gasteiger partial charge in [-0.2, -0.15) is 0 Å². The van der Waals surface area contributed by atoms with Crippen LogP contribution in [0.5, 0.6) is 0 Å². The van der Waals surface area contributed by atoms with Crippen molar-refractivity contribution in [3.8, 4) is 11.4 Å². The topological polar surface area (TPSA) is 42.9 Å². The van der Waals surface area contributed by atoms with Gasteiger partial charge in [0.05, 0.1) is 0 Å². The first-order valence-corrected chi connectivity index (χ1v) is 5.74. The molecule has 1 fully saturated rings. The summed E-state index contributed by atoms with van der Waals surface area (Å²) >= 11 is 0. The fourth-order valence-corrected chi connectivity index (χ4v) is 1.87. The zero-order valence-electron chi connectivity index (χ0n) is 9.34. The Bertz CT molecular complexity index is 544. The maximum Gasteiger partial charge on any atom is 0.159 e. The highest BCUT2D eigenvalue weighted by Gasteiger charge is 2.24. The lowest BCUT2D eigenvalue weighted by Crippen LogP contribution is -1.92. The van der Waals surface area contributed by atoms with Crippen molar-refractivity contribution < 1.29 is 4.79 Å². The predicted molar refractivity (Wildman–Crippen MR) is 64.8 cm³/mol. The Morgan fingerprint density at radius 3 is 2.59 bits per heavy atom. The highest BCUT2D eigenvalue weighted by Crippen LogP contribution is 2.39. The van der Waals surface area contributed by atoms with Crippen LogP contribution in [0.4, 0.5) is 0 Å². The number of aromatic nitrogens is 2. The normalized spacial score (nSPS) is 14.6. The largest absolute Gasteiger partial charge is 0.298 e. The molecule has 0 atom stereocenters. The van der Waals surface area contributed by atoms with Crippen molar-refractivity contribution in [1.29, 1.82) is 0 Å². The summed E-state index contributed by atoms with van der Waals surface area (Å²) in [7, 11) is 0. The number of nitrogens with zero attached hydrogens (tertiary/aromatic N) is 2. The number of aldehydes is 1. The van der Waals surface area contributed by atoms with Gasteiger partial charge in [0.25, 0.3) is 0 Å². The van der Waals surface area contributed by atoms with Crippen LogP contribution in [-0.2, 0) is 0 Å². The van der Waals surface area contributed by atoms with Gasteiger partial charge in [0, 0.05) is 23.5 Å². The molecule has 1 aliphatic carbocycles. The second kappa shape index (κ2) is 4.09. The summed E-state index contributed by atoms with van der Waals surface area (Å²) in [6.07, 6.45) is 7.13. The molecule has 17 heavy (non-hydrogen) atoms. The van der Waals surface area contributed by atoms with Crippen LogP contribution in [0.15, 0.2) is 36.7 Å². The van der Waals surface area contributed by atoms with Crippen molar-refractivity contribution in [2.75, 3.05) is 0 Å². The summed E-state index contributed by atoms with van der Waals surface area (Å²) in [6, 6.07) is 7.34. The standard InChI is InChI=1S/C14H12N2O/c17-9-10-2-1-3-12(6-10)14-15-7-13(8-16-14)11-4-5-11/h1-3,6-9,11H,4-5H2. The van der Waals surface area contributed by atoms with E-state index in [1.165, 1.54) is 18.4 Å². The van der Waals surface area contributed by atoms with Gasteiger partial charge >= 0.3 is 0 Å². The molecule has 1 aromatic heterocycles. The van der Waals surface area contributed by atoms with Gasteiger partial charge in [0.15, 0.2) is 5.82 Å². The molecule has 1 saturated carbocycles. The molecule has 0 bridgehead atoms. The van der Waals surface area contributed by atoms with E-state index in [0.29, 0.717) is 17.3 Å². The van der Waals surface area contributed by atoms with Crippen LogP contribution in [0.3, 0.4) is 0 Å². The molecule has 0 amide bonds. The van der Waals surface area contributed by atoms with E-state index in [4.69, 9.17) is 0 Å². The Morgan fingerprint density at radius 2 is 1.94 bits per heavy atom. The van der Waals surface area contributed by atoms with E-state index in [0.717, 1.165) is 11.8 Å². The van der Waals surface area contributed by atoms with Gasteiger partial charge in [0.1, 0.15) is 6.29 Å². The fourth-order valence-electron chi connectivity index (χ4n) is 1.87. The van der Waals surface area contributed by atoms with Crippen molar-refractivity contribution >= 4 is 6.29 Å². The highest BCUT2D eigenvalue weighted by atomic mass is 16.1. The SMILES string of the molecule is O=Cc1cccc(-c2ncc(C3CC3)cn2)c1. The zero-order valence-corrected chi connectivity index (χ0v) is 9.34. The molecule has 0 radical (unpaired) electrons. The summed E-state index contributed by atoms with van der Waals surface area (Å²) in [5, 5.41) is 0. The first-order chi connectivity index (χ1) is 8.36. The first kappa shape index (κ1) is 10.1. The molecule has 2 aromatic rings. The van der Waals surface area contributed by atoms with Gasteiger partial charge < -0.3 is 0 Å². The van der Waals surface area contributed by atoms with Crippen LogP contribution < -0.4 is 0 Å². The number of hydrogen-bond acceptors (Lipinski definition) is 3. The summed E-state index contributed by atoms with van der Waals surface area (Å²) in [5.41, 5.74) is 2.76. The lowest BCUT2D eigenvalue weighted by atomic mass is 10.1. The average Bonchev–Trinajstić information content (AvgIpc) is 3.23. The van der Waals surface area contributed by atoms with E-state index in [1.54, 1.807) is 12.1 Å². The summed E-state index contributed by atoms with van der Waals surface area (Å²) < 4.78 is 0. The molecular weight excluding hydrogens is 212 g/mol. The van der Waals surface area contributed by atoms with Crippen molar-refractivity contribution in [2.24, 2.45) is 0 Å². The van der Waals surface area contributed by atoms with Gasteiger partial charge in [-0.3, -0.25) is 4.79 Å². The van der Waals surface area contributed by atoms with Crippen LogP contribution in [0, 0.1) is 0 Å². The second-order valence-electron chi connectivity index (χ2n) is 4.36. The van der Waals surface area contributed by atoms with E-state index in [-0.39, 0.29) is 0 Å². The minimum Gasteiger partial charge on any atom is -0.298 e. The maximum atomic E-state index is 10.7. The molecule has 84 valence electrons. The van der Waals surface area contributed by atoms with Gasteiger partial charge in [-0.25, -0.2) is 9.97 Å². The lowest BCUT2D eigenvalue weighted by Gasteiger charge is -2.02. The fraction of sp³-hybridized carbons (Fsp3) is 0.214. The van der Waals surface area contributed by atoms with E-state index >= 15 is 0 Å². The molecule has 3 rings (SSSR count). The van der Waals surface area contributed by atoms with Crippen LogP contribution >= 0.6 is 0 Å². The number of benzene rings is 1. The molecule has 1 aliphatic rings. The van der Waals surface area contributed by atoms with Gasteiger partial charge in [0.2, 0.25) is 0 Å². The molecular formula is C14H12N2O. The van der Waals surface area contributed by atoms with Crippen LogP contribution in [-0.4, -0.2) is 16.3 Å². The lowest BCUT2D eigenvalue weighted by molar-refractivity contribution is 0.112. The van der Waals surface area contributed by atoms with E-state index in [9.17, 15) is 4.79 Å². The number of rotatable bonds is 3.